The monoisotopic (exact) mass is 454 g/mol. The maximum Gasteiger partial charge on any atom is 0.490 e. The molecule has 2 fully saturated rings. The summed E-state index contributed by atoms with van der Waals surface area (Å²) in [6, 6.07) is 0. The molecule has 1 amide bonds. The van der Waals surface area contributed by atoms with Crippen molar-refractivity contribution in [3.63, 3.8) is 0 Å². The highest BCUT2D eigenvalue weighted by Crippen LogP contribution is 2.36. The van der Waals surface area contributed by atoms with Crippen LogP contribution in [0.25, 0.3) is 0 Å². The van der Waals surface area contributed by atoms with Crippen molar-refractivity contribution in [2.24, 2.45) is 17.8 Å². The number of piperidine rings is 1. The number of fused-ring (bicyclic) bond motifs is 1. The lowest BCUT2D eigenvalue weighted by atomic mass is 9.83. The number of hydrogen-bond acceptors (Lipinski definition) is 5. The minimum Gasteiger partial charge on any atom is -0.475 e. The first kappa shape index (κ1) is 27.6. The Kier molecular flexibility index (Phi) is 11.8. The lowest BCUT2D eigenvalue weighted by Crippen LogP contribution is -2.43. The number of halogens is 3. The number of methoxy groups -OCH3 is 1. The number of amides is 1. The topological polar surface area (TPSA) is 79.3 Å². The molecule has 31 heavy (non-hydrogen) atoms. The summed E-state index contributed by atoms with van der Waals surface area (Å²) in [5, 5.41) is 7.12. The summed E-state index contributed by atoms with van der Waals surface area (Å²) in [4.78, 5) is 25.9. The number of hydrogen-bond donors (Lipinski definition) is 1. The molecular formula is C21H37F3N2O5. The van der Waals surface area contributed by atoms with Gasteiger partial charge in [0.1, 0.15) is 0 Å². The van der Waals surface area contributed by atoms with Crippen LogP contribution in [0.5, 0.6) is 0 Å². The second-order valence-electron chi connectivity index (χ2n) is 8.54. The average Bonchev–Trinajstić information content (AvgIpc) is 3.08. The highest BCUT2D eigenvalue weighted by atomic mass is 19.4. The van der Waals surface area contributed by atoms with Crippen molar-refractivity contribution in [1.29, 1.82) is 0 Å². The first-order chi connectivity index (χ1) is 14.5. The van der Waals surface area contributed by atoms with Crippen molar-refractivity contribution in [2.75, 3.05) is 53.0 Å². The van der Waals surface area contributed by atoms with E-state index in [1.807, 2.05) is 11.8 Å². The summed E-state index contributed by atoms with van der Waals surface area (Å²) in [6.07, 6.45) is -1.99. The van der Waals surface area contributed by atoms with E-state index in [1.165, 1.54) is 19.4 Å². The number of likely N-dealkylation sites (tertiary alicyclic amines) is 1. The van der Waals surface area contributed by atoms with Gasteiger partial charge in [-0.25, -0.2) is 4.79 Å². The summed E-state index contributed by atoms with van der Waals surface area (Å²) >= 11 is 0. The van der Waals surface area contributed by atoms with Crippen LogP contribution in [0.4, 0.5) is 13.2 Å². The number of carboxylic acids is 1. The number of alkyl halides is 3. The molecule has 0 aromatic carbocycles. The number of carbonyl (C=O) groups is 2. The molecule has 2 heterocycles. The standard InChI is InChI=1S/C19H36N2O3.C2HF3O2/c1-5-21(10-11-23-4)19(22)12-18-17-7-9-20(8-6-15(2)3)13-16(17)14-24-18;3-2(4,5)1(6)7/h15-18H,5-14H2,1-4H3;(H,6,7)/t16-,17-,18+;/m1./s1. The number of rotatable bonds is 9. The smallest absolute Gasteiger partial charge is 0.475 e. The summed E-state index contributed by atoms with van der Waals surface area (Å²) in [5.41, 5.74) is 0. The van der Waals surface area contributed by atoms with Crippen LogP contribution in [0.1, 0.15) is 40.0 Å². The number of carboxylic acid groups (broad SMARTS) is 1. The molecule has 0 bridgehead atoms. The van der Waals surface area contributed by atoms with Crippen molar-refractivity contribution >= 4 is 11.9 Å². The number of aliphatic carboxylic acids is 1. The highest BCUT2D eigenvalue weighted by molar-refractivity contribution is 5.76. The van der Waals surface area contributed by atoms with E-state index in [4.69, 9.17) is 19.4 Å². The van der Waals surface area contributed by atoms with Crippen LogP contribution < -0.4 is 0 Å². The molecule has 3 atom stereocenters. The quantitative estimate of drug-likeness (QED) is 0.577. The second-order valence-corrected chi connectivity index (χ2v) is 8.54. The predicted octanol–water partition coefficient (Wildman–Crippen LogP) is 2.89. The third-order valence-electron chi connectivity index (χ3n) is 5.82. The maximum absolute atomic E-state index is 12.5. The molecule has 0 aliphatic carbocycles. The minimum atomic E-state index is -5.08. The fourth-order valence-corrected chi connectivity index (χ4v) is 3.98. The van der Waals surface area contributed by atoms with Gasteiger partial charge in [0.2, 0.25) is 5.91 Å². The van der Waals surface area contributed by atoms with E-state index in [2.05, 4.69) is 18.7 Å². The maximum atomic E-state index is 12.5. The Hall–Kier alpha value is -1.39. The van der Waals surface area contributed by atoms with E-state index in [9.17, 15) is 18.0 Å². The van der Waals surface area contributed by atoms with Gasteiger partial charge in [-0.15, -0.1) is 0 Å². The van der Waals surface area contributed by atoms with Gasteiger partial charge >= 0.3 is 12.1 Å². The fraction of sp³-hybridized carbons (Fsp3) is 0.905. The van der Waals surface area contributed by atoms with Crippen molar-refractivity contribution in [3.8, 4) is 0 Å². The van der Waals surface area contributed by atoms with Gasteiger partial charge in [-0.3, -0.25) is 4.79 Å². The van der Waals surface area contributed by atoms with Gasteiger partial charge < -0.3 is 24.4 Å². The van der Waals surface area contributed by atoms with Crippen LogP contribution >= 0.6 is 0 Å². The number of likely N-dealkylation sites (N-methyl/N-ethyl adjacent to an activating group) is 1. The van der Waals surface area contributed by atoms with Gasteiger partial charge in [-0.1, -0.05) is 13.8 Å². The van der Waals surface area contributed by atoms with Crippen LogP contribution in [0.2, 0.25) is 0 Å². The van der Waals surface area contributed by atoms with Crippen LogP contribution in [-0.2, 0) is 19.1 Å². The molecule has 0 aromatic rings. The van der Waals surface area contributed by atoms with Crippen molar-refractivity contribution in [3.05, 3.63) is 0 Å². The molecule has 2 aliphatic rings. The van der Waals surface area contributed by atoms with Gasteiger partial charge in [0.25, 0.3) is 0 Å². The van der Waals surface area contributed by atoms with E-state index in [1.54, 1.807) is 7.11 Å². The summed E-state index contributed by atoms with van der Waals surface area (Å²) in [6.45, 7) is 12.9. The van der Waals surface area contributed by atoms with E-state index in [0.29, 0.717) is 31.4 Å². The molecule has 10 heteroatoms. The SMILES string of the molecule is CCN(CCOC)C(=O)C[C@@H]1OC[C@H]2CN(CCC(C)C)CC[C@H]21.O=C(O)C(F)(F)F. The van der Waals surface area contributed by atoms with E-state index in [-0.39, 0.29) is 12.0 Å². The van der Waals surface area contributed by atoms with Crippen LogP contribution in [0, 0.1) is 17.8 Å². The van der Waals surface area contributed by atoms with Crippen LogP contribution in [0.15, 0.2) is 0 Å². The summed E-state index contributed by atoms with van der Waals surface area (Å²) in [7, 11) is 1.68. The van der Waals surface area contributed by atoms with Crippen LogP contribution in [-0.4, -0.2) is 92.1 Å². The Balaban J connectivity index is 0.000000592. The Bertz CT molecular complexity index is 560. The molecule has 2 saturated heterocycles. The molecule has 7 nitrogen and oxygen atoms in total. The molecule has 1 N–H and O–H groups in total. The Labute approximate surface area is 182 Å². The van der Waals surface area contributed by atoms with Crippen molar-refractivity contribution < 1.29 is 37.3 Å². The normalized spacial score (nSPS) is 23.8. The first-order valence-corrected chi connectivity index (χ1v) is 10.9. The number of ether oxygens (including phenoxy) is 2. The zero-order valence-electron chi connectivity index (χ0n) is 19.0. The third kappa shape index (κ3) is 9.74. The van der Waals surface area contributed by atoms with Gasteiger partial charge in [0, 0.05) is 32.7 Å². The first-order valence-electron chi connectivity index (χ1n) is 10.9. The van der Waals surface area contributed by atoms with Crippen molar-refractivity contribution in [1.82, 2.24) is 9.80 Å². The Morgan fingerprint density at radius 2 is 1.97 bits per heavy atom. The molecule has 0 aromatic heterocycles. The minimum absolute atomic E-state index is 0.117. The third-order valence-corrected chi connectivity index (χ3v) is 5.82. The zero-order chi connectivity index (χ0) is 23.6. The largest absolute Gasteiger partial charge is 0.490 e. The molecule has 182 valence electrons. The van der Waals surface area contributed by atoms with Crippen LogP contribution in [0.3, 0.4) is 0 Å². The van der Waals surface area contributed by atoms with E-state index >= 15 is 0 Å². The lowest BCUT2D eigenvalue weighted by Gasteiger charge is -2.36. The highest BCUT2D eigenvalue weighted by Gasteiger charge is 2.41. The molecule has 0 spiro atoms. The Morgan fingerprint density at radius 1 is 1.32 bits per heavy atom. The van der Waals surface area contributed by atoms with E-state index in [0.717, 1.165) is 32.2 Å². The molecule has 2 aliphatic heterocycles. The van der Waals surface area contributed by atoms with E-state index < -0.39 is 12.1 Å². The zero-order valence-corrected chi connectivity index (χ0v) is 19.0. The summed E-state index contributed by atoms with van der Waals surface area (Å²) in [5.74, 6) is -0.613. The molecule has 0 saturated carbocycles. The molecule has 0 unspecified atom stereocenters. The predicted molar refractivity (Wildman–Crippen MR) is 110 cm³/mol. The molecule has 2 rings (SSSR count). The van der Waals surface area contributed by atoms with Crippen molar-refractivity contribution in [2.45, 2.75) is 52.3 Å². The fourth-order valence-electron chi connectivity index (χ4n) is 3.98. The second kappa shape index (κ2) is 13.2. The number of carbonyl (C=O) groups excluding carboxylic acids is 1. The number of nitrogens with zero attached hydrogens (tertiary/aromatic N) is 2. The van der Waals surface area contributed by atoms with Gasteiger partial charge in [0.05, 0.1) is 25.7 Å². The Morgan fingerprint density at radius 3 is 2.48 bits per heavy atom. The van der Waals surface area contributed by atoms with Gasteiger partial charge in [0.15, 0.2) is 0 Å². The summed E-state index contributed by atoms with van der Waals surface area (Å²) < 4.78 is 42.9. The lowest BCUT2D eigenvalue weighted by molar-refractivity contribution is -0.192. The molecule has 0 radical (unpaired) electrons. The van der Waals surface area contributed by atoms with Gasteiger partial charge in [-0.05, 0) is 44.7 Å². The molecular weight excluding hydrogens is 417 g/mol. The average molecular weight is 455 g/mol. The van der Waals surface area contributed by atoms with Gasteiger partial charge in [-0.2, -0.15) is 13.2 Å².